The fourth-order valence-electron chi connectivity index (χ4n) is 2.31. The zero-order chi connectivity index (χ0) is 18.5. The van der Waals surface area contributed by atoms with E-state index in [1.54, 1.807) is 18.2 Å². The standard InChI is InChI=1S/C18H15N2O5P/c1-12-8-14(10-15(9-12)25-26(21)22)24-17-11-16(23-2)19-18(20-17)13-6-4-3-5-7-13/h3-11H,1-2H3/p+1. The quantitative estimate of drug-likeness (QED) is 0.647. The zero-order valence-electron chi connectivity index (χ0n) is 14.1. The van der Waals surface area contributed by atoms with Crippen molar-refractivity contribution in [1.82, 2.24) is 9.97 Å². The molecule has 0 aliphatic heterocycles. The molecule has 0 saturated carbocycles. The Morgan fingerprint density at radius 2 is 1.65 bits per heavy atom. The highest BCUT2D eigenvalue weighted by Gasteiger charge is 2.16. The van der Waals surface area contributed by atoms with Gasteiger partial charge in [0.2, 0.25) is 11.8 Å². The van der Waals surface area contributed by atoms with Crippen molar-refractivity contribution in [1.29, 1.82) is 0 Å². The van der Waals surface area contributed by atoms with Crippen LogP contribution in [0.1, 0.15) is 5.56 Å². The lowest BCUT2D eigenvalue weighted by atomic mass is 10.2. The molecular formula is C18H16N2O5P+. The number of hydrogen-bond donors (Lipinski definition) is 1. The van der Waals surface area contributed by atoms with Crippen molar-refractivity contribution >= 4 is 8.25 Å². The molecule has 0 aliphatic carbocycles. The third kappa shape index (κ3) is 4.53. The van der Waals surface area contributed by atoms with Gasteiger partial charge in [0.15, 0.2) is 11.6 Å². The molecule has 132 valence electrons. The number of ether oxygens (including phenoxy) is 2. The molecule has 2 aromatic carbocycles. The van der Waals surface area contributed by atoms with E-state index >= 15 is 0 Å². The second kappa shape index (κ2) is 7.91. The van der Waals surface area contributed by atoms with Crippen molar-refractivity contribution in [3.63, 3.8) is 0 Å². The van der Waals surface area contributed by atoms with Gasteiger partial charge >= 0.3 is 8.25 Å². The van der Waals surface area contributed by atoms with E-state index in [0.717, 1.165) is 11.1 Å². The van der Waals surface area contributed by atoms with Crippen LogP contribution >= 0.6 is 8.25 Å². The molecule has 0 bridgehead atoms. The second-order valence-corrected chi connectivity index (χ2v) is 6.01. The summed E-state index contributed by atoms with van der Waals surface area (Å²) in [5.41, 5.74) is 1.63. The Kier molecular flexibility index (Phi) is 5.41. The fourth-order valence-corrected chi connectivity index (χ4v) is 2.60. The number of benzene rings is 2. The van der Waals surface area contributed by atoms with Crippen LogP contribution in [-0.2, 0) is 4.57 Å². The fraction of sp³-hybridized carbons (Fsp3) is 0.111. The topological polar surface area (TPSA) is 90.8 Å². The van der Waals surface area contributed by atoms with Crippen molar-refractivity contribution in [3.8, 4) is 34.6 Å². The van der Waals surface area contributed by atoms with Gasteiger partial charge in [0.1, 0.15) is 5.75 Å². The van der Waals surface area contributed by atoms with Crippen molar-refractivity contribution in [2.75, 3.05) is 7.11 Å². The Labute approximate surface area is 151 Å². The predicted octanol–water partition coefficient (Wildman–Crippen LogP) is 4.28. The van der Waals surface area contributed by atoms with Crippen LogP contribution in [0.15, 0.2) is 54.6 Å². The molecule has 0 saturated heterocycles. The minimum atomic E-state index is -2.76. The Bertz CT molecular complexity index is 934. The van der Waals surface area contributed by atoms with Crippen LogP contribution in [0.4, 0.5) is 0 Å². The van der Waals surface area contributed by atoms with Crippen molar-refractivity contribution in [3.05, 3.63) is 60.2 Å². The van der Waals surface area contributed by atoms with Crippen molar-refractivity contribution < 1.29 is 23.5 Å². The summed E-state index contributed by atoms with van der Waals surface area (Å²) in [7, 11) is -1.24. The summed E-state index contributed by atoms with van der Waals surface area (Å²) in [4.78, 5) is 17.7. The molecule has 0 spiro atoms. The van der Waals surface area contributed by atoms with Gasteiger partial charge in [-0.15, -0.1) is 4.89 Å². The number of hydrogen-bond acceptors (Lipinski definition) is 6. The lowest BCUT2D eigenvalue weighted by Gasteiger charge is -2.09. The first kappa shape index (κ1) is 17.8. The number of aromatic nitrogens is 2. The van der Waals surface area contributed by atoms with Gasteiger partial charge in [-0.3, -0.25) is 0 Å². The number of nitrogens with zero attached hydrogens (tertiary/aromatic N) is 2. The maximum atomic E-state index is 10.9. The molecular weight excluding hydrogens is 355 g/mol. The molecule has 1 aromatic heterocycles. The van der Waals surface area contributed by atoms with E-state index in [1.165, 1.54) is 13.2 Å². The highest BCUT2D eigenvalue weighted by molar-refractivity contribution is 7.32. The van der Waals surface area contributed by atoms with E-state index in [9.17, 15) is 4.57 Å². The lowest BCUT2D eigenvalue weighted by Crippen LogP contribution is -1.97. The molecule has 26 heavy (non-hydrogen) atoms. The van der Waals surface area contributed by atoms with Gasteiger partial charge in [0.05, 0.1) is 13.2 Å². The monoisotopic (exact) mass is 371 g/mol. The molecule has 0 amide bonds. The Balaban J connectivity index is 1.95. The summed E-state index contributed by atoms with van der Waals surface area (Å²) >= 11 is 0. The van der Waals surface area contributed by atoms with Gasteiger partial charge in [-0.2, -0.15) is 9.97 Å². The van der Waals surface area contributed by atoms with E-state index in [4.69, 9.17) is 18.9 Å². The third-order valence-electron chi connectivity index (χ3n) is 3.35. The highest BCUT2D eigenvalue weighted by Crippen LogP contribution is 2.32. The number of aryl methyl sites for hydroxylation is 1. The first-order chi connectivity index (χ1) is 12.5. The largest absolute Gasteiger partial charge is 0.747 e. The Morgan fingerprint density at radius 1 is 0.962 bits per heavy atom. The smallest absolute Gasteiger partial charge is 0.481 e. The first-order valence-corrected chi connectivity index (χ1v) is 8.78. The SMILES string of the molecule is COc1cc(Oc2cc(C)cc(O[P+](=O)O)c2)nc(-c2ccccc2)n1. The predicted molar refractivity (Wildman–Crippen MR) is 95.7 cm³/mol. The van der Waals surface area contributed by atoms with Crippen LogP contribution in [0.25, 0.3) is 11.4 Å². The summed E-state index contributed by atoms with van der Waals surface area (Å²) in [5.74, 6) is 1.74. The number of rotatable bonds is 6. The first-order valence-electron chi connectivity index (χ1n) is 7.65. The third-order valence-corrected chi connectivity index (χ3v) is 3.72. The summed E-state index contributed by atoms with van der Waals surface area (Å²) in [5, 5.41) is 0. The molecule has 1 heterocycles. The molecule has 8 heteroatoms. The second-order valence-electron chi connectivity index (χ2n) is 5.35. The Hall–Kier alpha value is -3.02. The van der Waals surface area contributed by atoms with Gasteiger partial charge in [-0.1, -0.05) is 30.3 Å². The van der Waals surface area contributed by atoms with Gasteiger partial charge in [-0.25, -0.2) is 4.52 Å². The Morgan fingerprint density at radius 3 is 2.35 bits per heavy atom. The van der Waals surface area contributed by atoms with E-state index < -0.39 is 8.25 Å². The van der Waals surface area contributed by atoms with Gasteiger partial charge < -0.3 is 9.47 Å². The molecule has 0 fully saturated rings. The normalized spacial score (nSPS) is 11.0. The maximum Gasteiger partial charge on any atom is 0.747 e. The summed E-state index contributed by atoms with van der Waals surface area (Å²) < 4.78 is 26.7. The summed E-state index contributed by atoms with van der Waals surface area (Å²) in [6, 6.07) is 15.9. The molecule has 0 aliphatic rings. The molecule has 1 unspecified atom stereocenters. The minimum absolute atomic E-state index is 0.230. The number of methoxy groups -OCH3 is 1. The van der Waals surface area contributed by atoms with E-state index in [0.29, 0.717) is 17.5 Å². The highest BCUT2D eigenvalue weighted by atomic mass is 31.1. The molecule has 0 radical (unpaired) electrons. The van der Waals surface area contributed by atoms with E-state index in [2.05, 4.69) is 9.97 Å². The molecule has 7 nitrogen and oxygen atoms in total. The maximum absolute atomic E-state index is 10.9. The molecule has 3 rings (SSSR count). The van der Waals surface area contributed by atoms with Crippen molar-refractivity contribution in [2.45, 2.75) is 6.92 Å². The van der Waals surface area contributed by atoms with E-state index in [-0.39, 0.29) is 11.6 Å². The van der Waals surface area contributed by atoms with Crippen LogP contribution in [0.3, 0.4) is 0 Å². The van der Waals surface area contributed by atoms with Gasteiger partial charge in [0, 0.05) is 16.2 Å². The van der Waals surface area contributed by atoms with Gasteiger partial charge in [-0.05, 0) is 24.6 Å². The zero-order valence-corrected chi connectivity index (χ0v) is 15.0. The summed E-state index contributed by atoms with van der Waals surface area (Å²) in [6.45, 7) is 1.82. The molecule has 3 aromatic rings. The van der Waals surface area contributed by atoms with Gasteiger partial charge in [0.25, 0.3) is 0 Å². The minimum Gasteiger partial charge on any atom is -0.481 e. The van der Waals surface area contributed by atoms with Crippen LogP contribution in [0.5, 0.6) is 23.3 Å². The summed E-state index contributed by atoms with van der Waals surface area (Å²) in [6.07, 6.45) is 0. The lowest BCUT2D eigenvalue weighted by molar-refractivity contribution is 0.388. The van der Waals surface area contributed by atoms with Crippen LogP contribution in [0.2, 0.25) is 0 Å². The van der Waals surface area contributed by atoms with Crippen LogP contribution in [0, 0.1) is 6.92 Å². The molecule has 1 atom stereocenters. The van der Waals surface area contributed by atoms with Crippen molar-refractivity contribution in [2.24, 2.45) is 0 Å². The van der Waals surface area contributed by atoms with E-state index in [1.807, 2.05) is 37.3 Å². The molecule has 1 N–H and O–H groups in total. The van der Waals surface area contributed by atoms with Crippen LogP contribution in [-0.4, -0.2) is 22.0 Å². The average Bonchev–Trinajstić information content (AvgIpc) is 2.61. The van der Waals surface area contributed by atoms with Crippen LogP contribution < -0.4 is 14.0 Å². The average molecular weight is 371 g/mol.